The second-order valence-electron chi connectivity index (χ2n) is 3.89. The molecule has 0 spiro atoms. The molecule has 0 radical (unpaired) electrons. The van der Waals surface area contributed by atoms with Gasteiger partial charge in [-0.05, 0) is 46.3 Å². The highest BCUT2D eigenvalue weighted by molar-refractivity contribution is 9.10. The molecule has 1 aliphatic rings. The third-order valence-corrected chi connectivity index (χ3v) is 3.38. The smallest absolute Gasteiger partial charge is 0.106 e. The summed E-state index contributed by atoms with van der Waals surface area (Å²) in [4.78, 5) is 4.20. The number of nitrogens with two attached hydrogens (primary N) is 1. The minimum atomic E-state index is 0.0921. The highest BCUT2D eigenvalue weighted by Gasteiger charge is 2.22. The summed E-state index contributed by atoms with van der Waals surface area (Å²) >= 11 is 3.32. The molecule has 2 N–H and O–H groups in total. The average Bonchev–Trinajstić information content (AvgIpc) is 2.30. The van der Waals surface area contributed by atoms with Crippen LogP contribution in [0.15, 0.2) is 22.9 Å². The third kappa shape index (κ3) is 2.77. The van der Waals surface area contributed by atoms with Crippen LogP contribution in [0.1, 0.15) is 24.4 Å². The Balaban J connectivity index is 2.05. The highest BCUT2D eigenvalue weighted by atomic mass is 79.9. The molecule has 15 heavy (non-hydrogen) atoms. The molecule has 82 valence electrons. The van der Waals surface area contributed by atoms with Gasteiger partial charge in [0.05, 0.1) is 0 Å². The van der Waals surface area contributed by atoms with Crippen molar-refractivity contribution in [3.63, 3.8) is 0 Å². The fraction of sp³-hybridized carbons (Fsp3) is 0.545. The molecule has 1 aliphatic heterocycles. The molecule has 3 nitrogen and oxygen atoms in total. The van der Waals surface area contributed by atoms with Gasteiger partial charge in [0.15, 0.2) is 0 Å². The zero-order chi connectivity index (χ0) is 10.7. The number of ether oxygens (including phenoxy) is 1. The molecule has 0 aromatic carbocycles. The zero-order valence-corrected chi connectivity index (χ0v) is 10.1. The fourth-order valence-corrected chi connectivity index (χ4v) is 2.17. The van der Waals surface area contributed by atoms with E-state index in [2.05, 4.69) is 20.9 Å². The summed E-state index contributed by atoms with van der Waals surface area (Å²) in [6.45, 7) is 1.67. The van der Waals surface area contributed by atoms with Crippen LogP contribution in [-0.4, -0.2) is 18.2 Å². The molecule has 1 saturated heterocycles. The van der Waals surface area contributed by atoms with Crippen LogP contribution in [0.4, 0.5) is 0 Å². The largest absolute Gasteiger partial charge is 0.381 e. The Morgan fingerprint density at radius 1 is 1.40 bits per heavy atom. The van der Waals surface area contributed by atoms with Crippen molar-refractivity contribution >= 4 is 15.9 Å². The molecular formula is C11H15BrN2O. The summed E-state index contributed by atoms with van der Waals surface area (Å²) in [6.07, 6.45) is 3.96. The van der Waals surface area contributed by atoms with E-state index >= 15 is 0 Å². The Kier molecular flexibility index (Phi) is 3.72. The second kappa shape index (κ2) is 5.05. The molecule has 1 aromatic rings. The summed E-state index contributed by atoms with van der Waals surface area (Å²) in [5.74, 6) is 0.529. The van der Waals surface area contributed by atoms with Crippen molar-refractivity contribution in [1.29, 1.82) is 0 Å². The number of rotatable bonds is 2. The van der Waals surface area contributed by atoms with E-state index < -0.39 is 0 Å². The lowest BCUT2D eigenvalue weighted by molar-refractivity contribution is 0.0583. The molecule has 2 rings (SSSR count). The van der Waals surface area contributed by atoms with Gasteiger partial charge in [0, 0.05) is 25.5 Å². The van der Waals surface area contributed by atoms with Gasteiger partial charge in [-0.25, -0.2) is 4.98 Å². The second-order valence-corrected chi connectivity index (χ2v) is 4.70. The molecular weight excluding hydrogens is 256 g/mol. The van der Waals surface area contributed by atoms with Gasteiger partial charge in [-0.2, -0.15) is 0 Å². The molecule has 0 amide bonds. The lowest BCUT2D eigenvalue weighted by Gasteiger charge is -2.27. The van der Waals surface area contributed by atoms with Gasteiger partial charge < -0.3 is 10.5 Å². The number of nitrogens with zero attached hydrogens (tertiary/aromatic N) is 1. The molecule has 0 bridgehead atoms. The first-order chi connectivity index (χ1) is 7.27. The topological polar surface area (TPSA) is 48.1 Å². The number of hydrogen-bond acceptors (Lipinski definition) is 3. The molecule has 1 atom stereocenters. The predicted octanol–water partition coefficient (Wildman–Crippen LogP) is 2.27. The lowest BCUT2D eigenvalue weighted by Crippen LogP contribution is -2.27. The van der Waals surface area contributed by atoms with E-state index in [1.54, 1.807) is 0 Å². The van der Waals surface area contributed by atoms with E-state index in [0.717, 1.165) is 36.2 Å². The van der Waals surface area contributed by atoms with Crippen molar-refractivity contribution in [2.45, 2.75) is 18.9 Å². The third-order valence-electron chi connectivity index (χ3n) is 2.91. The molecule has 4 heteroatoms. The minimum absolute atomic E-state index is 0.0921. The predicted molar refractivity (Wildman–Crippen MR) is 62.4 cm³/mol. The van der Waals surface area contributed by atoms with Crippen LogP contribution >= 0.6 is 15.9 Å². The molecule has 0 aliphatic carbocycles. The maximum Gasteiger partial charge on any atom is 0.106 e. The lowest BCUT2D eigenvalue weighted by atomic mass is 9.88. The van der Waals surface area contributed by atoms with E-state index in [4.69, 9.17) is 10.5 Å². The van der Waals surface area contributed by atoms with E-state index in [1.807, 2.05) is 18.3 Å². The molecule has 1 aromatic heterocycles. The standard InChI is InChI=1S/C11H15BrN2O/c12-10-2-1-9(7-14-10)11(13)8-3-5-15-6-4-8/h1-2,7-8,11H,3-6,13H2/t11-/m1/s1. The van der Waals surface area contributed by atoms with Gasteiger partial charge in [0.1, 0.15) is 4.60 Å². The van der Waals surface area contributed by atoms with E-state index in [9.17, 15) is 0 Å². The normalized spacial score (nSPS) is 20.1. The van der Waals surface area contributed by atoms with E-state index in [0.29, 0.717) is 5.92 Å². The van der Waals surface area contributed by atoms with Gasteiger partial charge >= 0.3 is 0 Å². The first kappa shape index (κ1) is 11.0. The Labute approximate surface area is 98.2 Å². The van der Waals surface area contributed by atoms with Gasteiger partial charge in [0.2, 0.25) is 0 Å². The van der Waals surface area contributed by atoms with Crippen LogP contribution in [0.25, 0.3) is 0 Å². The summed E-state index contributed by atoms with van der Waals surface area (Å²) in [7, 11) is 0. The van der Waals surface area contributed by atoms with E-state index in [-0.39, 0.29) is 6.04 Å². The SMILES string of the molecule is N[C@@H](c1ccc(Br)nc1)C1CCOCC1. The fourth-order valence-electron chi connectivity index (χ4n) is 1.93. The van der Waals surface area contributed by atoms with Gasteiger partial charge in [-0.1, -0.05) is 6.07 Å². The van der Waals surface area contributed by atoms with Crippen molar-refractivity contribution in [2.24, 2.45) is 11.7 Å². The van der Waals surface area contributed by atoms with Crippen LogP contribution in [0.3, 0.4) is 0 Å². The van der Waals surface area contributed by atoms with Crippen LogP contribution < -0.4 is 5.73 Å². The van der Waals surface area contributed by atoms with Gasteiger partial charge in [-0.3, -0.25) is 0 Å². The Hall–Kier alpha value is -0.450. The summed E-state index contributed by atoms with van der Waals surface area (Å²) < 4.78 is 6.18. The Morgan fingerprint density at radius 3 is 2.73 bits per heavy atom. The van der Waals surface area contributed by atoms with Crippen LogP contribution in [0.2, 0.25) is 0 Å². The quantitative estimate of drug-likeness (QED) is 0.839. The Morgan fingerprint density at radius 2 is 2.13 bits per heavy atom. The van der Waals surface area contributed by atoms with Crippen LogP contribution in [0, 0.1) is 5.92 Å². The molecule has 0 unspecified atom stereocenters. The number of aromatic nitrogens is 1. The Bertz CT molecular complexity index is 309. The zero-order valence-electron chi connectivity index (χ0n) is 8.53. The van der Waals surface area contributed by atoms with Crippen LogP contribution in [-0.2, 0) is 4.74 Å². The molecule has 2 heterocycles. The summed E-state index contributed by atoms with van der Waals surface area (Å²) in [6, 6.07) is 4.07. The van der Waals surface area contributed by atoms with Crippen molar-refractivity contribution in [1.82, 2.24) is 4.98 Å². The van der Waals surface area contributed by atoms with Crippen LogP contribution in [0.5, 0.6) is 0 Å². The number of hydrogen-bond donors (Lipinski definition) is 1. The number of halogens is 1. The first-order valence-electron chi connectivity index (χ1n) is 5.22. The van der Waals surface area contributed by atoms with Crippen molar-refractivity contribution < 1.29 is 4.74 Å². The maximum absolute atomic E-state index is 6.21. The van der Waals surface area contributed by atoms with Crippen molar-refractivity contribution in [2.75, 3.05) is 13.2 Å². The maximum atomic E-state index is 6.21. The first-order valence-corrected chi connectivity index (χ1v) is 6.01. The monoisotopic (exact) mass is 270 g/mol. The average molecular weight is 271 g/mol. The molecule has 0 saturated carbocycles. The van der Waals surface area contributed by atoms with Gasteiger partial charge in [0.25, 0.3) is 0 Å². The molecule has 1 fully saturated rings. The summed E-state index contributed by atoms with van der Waals surface area (Å²) in [5.41, 5.74) is 7.32. The van der Waals surface area contributed by atoms with E-state index in [1.165, 1.54) is 0 Å². The number of pyridine rings is 1. The summed E-state index contributed by atoms with van der Waals surface area (Å²) in [5, 5.41) is 0. The van der Waals surface area contributed by atoms with Crippen molar-refractivity contribution in [3.8, 4) is 0 Å². The highest BCUT2D eigenvalue weighted by Crippen LogP contribution is 2.27. The van der Waals surface area contributed by atoms with Gasteiger partial charge in [-0.15, -0.1) is 0 Å². The minimum Gasteiger partial charge on any atom is -0.381 e. The van der Waals surface area contributed by atoms with Crippen molar-refractivity contribution in [3.05, 3.63) is 28.5 Å².